The summed E-state index contributed by atoms with van der Waals surface area (Å²) in [7, 11) is 0. The van der Waals surface area contributed by atoms with Crippen LogP contribution in [-0.2, 0) is 31.9 Å². The monoisotopic (exact) mass is 358 g/mol. The highest BCUT2D eigenvalue weighted by atomic mass is 16.5. The number of aryl methyl sites for hydroxylation is 2. The number of unbranched alkanes of at least 4 members (excludes halogenated alkanes) is 4. The first-order valence-corrected chi connectivity index (χ1v) is 9.32. The Labute approximate surface area is 156 Å². The van der Waals surface area contributed by atoms with Gasteiger partial charge >= 0.3 is 11.9 Å². The SMILES string of the molecule is C=CC(=O)OCCCCCc1cccc(CCCCCOC(=O)C=C)c1. The fourth-order valence-corrected chi connectivity index (χ4v) is 2.62. The molecule has 0 saturated carbocycles. The minimum Gasteiger partial charge on any atom is -0.463 e. The lowest BCUT2D eigenvalue weighted by molar-refractivity contribution is -0.138. The molecule has 0 aliphatic rings. The Morgan fingerprint density at radius 1 is 0.769 bits per heavy atom. The van der Waals surface area contributed by atoms with E-state index < -0.39 is 0 Å². The van der Waals surface area contributed by atoms with Crippen molar-refractivity contribution in [1.82, 2.24) is 0 Å². The maximum absolute atomic E-state index is 10.9. The maximum atomic E-state index is 10.9. The molecule has 0 bridgehead atoms. The molecule has 0 aromatic heterocycles. The van der Waals surface area contributed by atoms with E-state index in [2.05, 4.69) is 37.4 Å². The van der Waals surface area contributed by atoms with Crippen LogP contribution >= 0.6 is 0 Å². The van der Waals surface area contributed by atoms with E-state index in [9.17, 15) is 9.59 Å². The van der Waals surface area contributed by atoms with Crippen LogP contribution in [0, 0.1) is 0 Å². The van der Waals surface area contributed by atoms with Crippen molar-refractivity contribution in [2.45, 2.75) is 51.4 Å². The van der Waals surface area contributed by atoms with Crippen LogP contribution in [-0.4, -0.2) is 25.2 Å². The lowest BCUT2D eigenvalue weighted by atomic mass is 10.0. The van der Waals surface area contributed by atoms with E-state index in [0.717, 1.165) is 51.4 Å². The smallest absolute Gasteiger partial charge is 0.330 e. The van der Waals surface area contributed by atoms with E-state index in [4.69, 9.17) is 9.47 Å². The van der Waals surface area contributed by atoms with Crippen molar-refractivity contribution in [2.24, 2.45) is 0 Å². The molecule has 0 radical (unpaired) electrons. The van der Waals surface area contributed by atoms with E-state index in [1.54, 1.807) is 0 Å². The lowest BCUT2D eigenvalue weighted by Crippen LogP contribution is -2.02. The highest BCUT2D eigenvalue weighted by Crippen LogP contribution is 2.13. The summed E-state index contributed by atoms with van der Waals surface area (Å²) in [5, 5.41) is 0. The predicted octanol–water partition coefficient (Wildman–Crippen LogP) is 4.57. The van der Waals surface area contributed by atoms with Gasteiger partial charge in [-0.1, -0.05) is 37.4 Å². The molecule has 0 aliphatic heterocycles. The summed E-state index contributed by atoms with van der Waals surface area (Å²) in [4.78, 5) is 21.9. The lowest BCUT2D eigenvalue weighted by Gasteiger charge is -2.06. The van der Waals surface area contributed by atoms with Gasteiger partial charge in [-0.05, 0) is 62.5 Å². The largest absolute Gasteiger partial charge is 0.463 e. The quantitative estimate of drug-likeness (QED) is 0.278. The van der Waals surface area contributed by atoms with Gasteiger partial charge in [0.15, 0.2) is 0 Å². The molecule has 0 N–H and O–H groups in total. The molecular formula is C22H30O4. The highest BCUT2D eigenvalue weighted by Gasteiger charge is 2.00. The number of hydrogen-bond donors (Lipinski definition) is 0. The molecular weight excluding hydrogens is 328 g/mol. The highest BCUT2D eigenvalue weighted by molar-refractivity contribution is 5.81. The van der Waals surface area contributed by atoms with Gasteiger partial charge in [0.2, 0.25) is 0 Å². The number of carbonyl (C=O) groups excluding carboxylic acids is 2. The molecule has 0 aliphatic carbocycles. The zero-order chi connectivity index (χ0) is 19.0. The number of rotatable bonds is 14. The summed E-state index contributed by atoms with van der Waals surface area (Å²) >= 11 is 0. The van der Waals surface area contributed by atoms with Gasteiger partial charge in [0.05, 0.1) is 13.2 Å². The molecule has 0 spiro atoms. The molecule has 0 fully saturated rings. The van der Waals surface area contributed by atoms with Crippen LogP contribution < -0.4 is 0 Å². The summed E-state index contributed by atoms with van der Waals surface area (Å²) < 4.78 is 9.93. The molecule has 4 nitrogen and oxygen atoms in total. The van der Waals surface area contributed by atoms with Crippen molar-refractivity contribution >= 4 is 11.9 Å². The molecule has 1 rings (SSSR count). The Balaban J connectivity index is 2.14. The fraction of sp³-hybridized carbons (Fsp3) is 0.455. The van der Waals surface area contributed by atoms with Crippen molar-refractivity contribution in [2.75, 3.05) is 13.2 Å². The molecule has 0 heterocycles. The van der Waals surface area contributed by atoms with Crippen LogP contribution in [0.4, 0.5) is 0 Å². The van der Waals surface area contributed by atoms with Gasteiger partial charge in [-0.3, -0.25) is 0 Å². The molecule has 26 heavy (non-hydrogen) atoms. The first-order valence-electron chi connectivity index (χ1n) is 9.32. The molecule has 4 heteroatoms. The van der Waals surface area contributed by atoms with E-state index in [1.165, 1.54) is 23.3 Å². The summed E-state index contributed by atoms with van der Waals surface area (Å²) in [6.45, 7) is 7.67. The van der Waals surface area contributed by atoms with Crippen LogP contribution in [0.1, 0.15) is 49.7 Å². The van der Waals surface area contributed by atoms with Crippen molar-refractivity contribution in [3.05, 3.63) is 60.7 Å². The first kappa shape index (κ1) is 21.7. The number of benzene rings is 1. The third-order valence-corrected chi connectivity index (χ3v) is 4.03. The molecule has 1 aromatic carbocycles. The normalized spacial score (nSPS) is 10.2. The predicted molar refractivity (Wildman–Crippen MR) is 104 cm³/mol. The second-order valence-electron chi connectivity index (χ2n) is 6.18. The van der Waals surface area contributed by atoms with Gasteiger partial charge < -0.3 is 9.47 Å². The summed E-state index contributed by atoms with van der Waals surface area (Å²) in [6.07, 6.45) is 10.5. The minimum absolute atomic E-state index is 0.350. The zero-order valence-corrected chi connectivity index (χ0v) is 15.6. The van der Waals surface area contributed by atoms with Crippen molar-refractivity contribution in [1.29, 1.82) is 0 Å². The molecule has 0 unspecified atom stereocenters. The second-order valence-corrected chi connectivity index (χ2v) is 6.18. The van der Waals surface area contributed by atoms with Crippen molar-refractivity contribution < 1.29 is 19.1 Å². The molecule has 0 saturated heterocycles. The number of esters is 2. The fourth-order valence-electron chi connectivity index (χ4n) is 2.62. The Kier molecular flexibility index (Phi) is 11.6. The number of hydrogen-bond acceptors (Lipinski definition) is 4. The average molecular weight is 358 g/mol. The Hall–Kier alpha value is -2.36. The third-order valence-electron chi connectivity index (χ3n) is 4.03. The second kappa shape index (κ2) is 13.9. The van der Waals surface area contributed by atoms with Crippen LogP contribution in [0.2, 0.25) is 0 Å². The van der Waals surface area contributed by atoms with Gasteiger partial charge in [-0.25, -0.2) is 9.59 Å². The molecule has 1 aromatic rings. The Morgan fingerprint density at radius 2 is 1.23 bits per heavy atom. The van der Waals surface area contributed by atoms with E-state index >= 15 is 0 Å². The Bertz CT molecular complexity index is 530. The minimum atomic E-state index is -0.350. The van der Waals surface area contributed by atoms with Gasteiger partial charge in [0.25, 0.3) is 0 Å². The Morgan fingerprint density at radius 3 is 1.65 bits per heavy atom. The maximum Gasteiger partial charge on any atom is 0.330 e. The molecule has 142 valence electrons. The van der Waals surface area contributed by atoms with E-state index in [0.29, 0.717) is 13.2 Å². The van der Waals surface area contributed by atoms with Crippen LogP contribution in [0.15, 0.2) is 49.6 Å². The zero-order valence-electron chi connectivity index (χ0n) is 15.6. The summed E-state index contributed by atoms with van der Waals surface area (Å²) in [5.41, 5.74) is 2.70. The first-order chi connectivity index (χ1) is 12.7. The van der Waals surface area contributed by atoms with E-state index in [-0.39, 0.29) is 11.9 Å². The van der Waals surface area contributed by atoms with Crippen molar-refractivity contribution in [3.8, 4) is 0 Å². The van der Waals surface area contributed by atoms with Crippen LogP contribution in [0.25, 0.3) is 0 Å². The molecule has 0 amide bonds. The third kappa shape index (κ3) is 10.5. The van der Waals surface area contributed by atoms with Gasteiger partial charge in [0, 0.05) is 12.2 Å². The van der Waals surface area contributed by atoms with Gasteiger partial charge in [-0.15, -0.1) is 0 Å². The van der Waals surface area contributed by atoms with Gasteiger partial charge in [-0.2, -0.15) is 0 Å². The van der Waals surface area contributed by atoms with E-state index in [1.807, 2.05) is 0 Å². The standard InChI is InChI=1S/C22H30O4/c1-3-21(23)25-16-9-5-7-12-19-14-11-15-20(18-19)13-8-6-10-17-26-22(24)4-2/h3-4,11,14-15,18H,1-2,5-10,12-13,16-17H2. The number of carbonyl (C=O) groups is 2. The topological polar surface area (TPSA) is 52.6 Å². The molecule has 0 atom stereocenters. The van der Waals surface area contributed by atoms with Crippen LogP contribution in [0.3, 0.4) is 0 Å². The summed E-state index contributed by atoms with van der Waals surface area (Å²) in [6, 6.07) is 8.71. The van der Waals surface area contributed by atoms with Gasteiger partial charge in [0.1, 0.15) is 0 Å². The number of ether oxygens (including phenoxy) is 2. The van der Waals surface area contributed by atoms with Crippen molar-refractivity contribution in [3.63, 3.8) is 0 Å². The van der Waals surface area contributed by atoms with Crippen LogP contribution in [0.5, 0.6) is 0 Å². The summed E-state index contributed by atoms with van der Waals surface area (Å²) in [5.74, 6) is -0.701. The average Bonchev–Trinajstić information content (AvgIpc) is 2.67.